The van der Waals surface area contributed by atoms with Crippen LogP contribution in [-0.4, -0.2) is 38.4 Å². The van der Waals surface area contributed by atoms with Gasteiger partial charge in [0.25, 0.3) is 6.43 Å². The molecule has 9 heteroatoms. The van der Waals surface area contributed by atoms with E-state index in [1.54, 1.807) is 7.11 Å². The molecule has 4 unspecified atom stereocenters. The summed E-state index contributed by atoms with van der Waals surface area (Å²) < 4.78 is 31.6. The summed E-state index contributed by atoms with van der Waals surface area (Å²) in [5.41, 5.74) is 5.77. The highest BCUT2D eigenvalue weighted by molar-refractivity contribution is 5.80. The van der Waals surface area contributed by atoms with Gasteiger partial charge in [0, 0.05) is 19.6 Å². The summed E-state index contributed by atoms with van der Waals surface area (Å²) in [4.78, 5) is 19.0. The number of methoxy groups -OCH3 is 1. The number of carbonyl (C=O) groups is 1. The van der Waals surface area contributed by atoms with E-state index in [1.165, 1.54) is 51.4 Å². The van der Waals surface area contributed by atoms with E-state index in [-0.39, 0.29) is 29.5 Å². The number of carbonyl (C=O) groups excluding carboxylic acids is 1. The number of rotatable bonds is 5. The van der Waals surface area contributed by atoms with Crippen molar-refractivity contribution in [3.05, 3.63) is 34.9 Å². The maximum absolute atomic E-state index is 14.0. The van der Waals surface area contributed by atoms with Crippen LogP contribution in [0, 0.1) is 11.3 Å². The smallest absolute Gasteiger partial charge is 0.279 e. The van der Waals surface area contributed by atoms with E-state index in [2.05, 4.69) is 21.4 Å². The number of amides is 1. The highest BCUT2D eigenvalue weighted by Crippen LogP contribution is 2.45. The first kappa shape index (κ1) is 27.9. The molecule has 1 aromatic carbocycles. The van der Waals surface area contributed by atoms with E-state index >= 15 is 0 Å². The van der Waals surface area contributed by atoms with Gasteiger partial charge in [0.15, 0.2) is 6.23 Å². The van der Waals surface area contributed by atoms with Crippen LogP contribution in [0.25, 0.3) is 0 Å². The Bertz CT molecular complexity index is 936. The first-order valence-corrected chi connectivity index (χ1v) is 14.6. The lowest BCUT2D eigenvalue weighted by atomic mass is 9.64. The van der Waals surface area contributed by atoms with Crippen molar-refractivity contribution in [1.82, 2.24) is 21.4 Å². The number of hydrogen-bond acceptors (Lipinski definition) is 6. The molecule has 2 aliphatic heterocycles. The average Bonchev–Trinajstić information content (AvgIpc) is 3.56. The van der Waals surface area contributed by atoms with Gasteiger partial charge in [-0.3, -0.25) is 20.3 Å². The molecule has 2 saturated heterocycles. The molecular formula is C29H44F2N4O3. The minimum absolute atomic E-state index is 0.0308. The second-order valence-corrected chi connectivity index (χ2v) is 11.7. The minimum Gasteiger partial charge on any atom is -0.367 e. The van der Waals surface area contributed by atoms with Crippen molar-refractivity contribution in [2.24, 2.45) is 11.3 Å². The Kier molecular flexibility index (Phi) is 9.31. The number of piperidine rings is 1. The number of halogens is 2. The predicted molar refractivity (Wildman–Crippen MR) is 141 cm³/mol. The Morgan fingerprint density at radius 2 is 1.82 bits per heavy atom. The number of fused-ring (bicyclic) bond motifs is 1. The van der Waals surface area contributed by atoms with Gasteiger partial charge in [-0.1, -0.05) is 69.6 Å². The number of benzene rings is 1. The van der Waals surface area contributed by atoms with E-state index in [9.17, 15) is 13.6 Å². The van der Waals surface area contributed by atoms with Crippen molar-refractivity contribution in [1.29, 1.82) is 0 Å². The minimum atomic E-state index is -2.60. The van der Waals surface area contributed by atoms with Crippen molar-refractivity contribution in [2.75, 3.05) is 13.7 Å². The molecule has 4 N–H and O–H groups in total. The topological polar surface area (TPSA) is 83.7 Å². The lowest BCUT2D eigenvalue weighted by molar-refractivity contribution is -0.137. The molecule has 0 aromatic heterocycles. The molecule has 5 rings (SSSR count). The third-order valence-corrected chi connectivity index (χ3v) is 9.34. The Balaban J connectivity index is 1.29. The van der Waals surface area contributed by atoms with E-state index in [0.717, 1.165) is 48.9 Å². The molecule has 5 atom stereocenters. The summed E-state index contributed by atoms with van der Waals surface area (Å²) in [5.74, 6) is 0.0748. The summed E-state index contributed by atoms with van der Waals surface area (Å²) in [6.07, 6.45) is 10.2. The second-order valence-electron chi connectivity index (χ2n) is 11.7. The number of aryl methyl sites for hydroxylation is 1. The zero-order valence-corrected chi connectivity index (χ0v) is 22.6. The van der Waals surface area contributed by atoms with Crippen LogP contribution < -0.4 is 21.4 Å². The van der Waals surface area contributed by atoms with Gasteiger partial charge in [-0.2, -0.15) is 5.48 Å². The van der Waals surface area contributed by atoms with Gasteiger partial charge in [0.2, 0.25) is 5.91 Å². The van der Waals surface area contributed by atoms with Crippen LogP contribution >= 0.6 is 0 Å². The maximum atomic E-state index is 14.0. The molecule has 1 saturated carbocycles. The molecule has 0 radical (unpaired) electrons. The van der Waals surface area contributed by atoms with Gasteiger partial charge in [0.1, 0.15) is 12.4 Å². The quantitative estimate of drug-likeness (QED) is 0.426. The fraction of sp³-hybridized carbons (Fsp3) is 0.759. The van der Waals surface area contributed by atoms with Crippen LogP contribution in [0.2, 0.25) is 0 Å². The molecule has 212 valence electrons. The van der Waals surface area contributed by atoms with Gasteiger partial charge in [0.05, 0.1) is 6.04 Å². The summed E-state index contributed by atoms with van der Waals surface area (Å²) >= 11 is 0. The fourth-order valence-electron chi connectivity index (χ4n) is 7.12. The van der Waals surface area contributed by atoms with Gasteiger partial charge in [-0.15, -0.1) is 0 Å². The van der Waals surface area contributed by atoms with E-state index < -0.39 is 18.8 Å². The standard InChI is InChI=1S/C29H44F2N4O3/c1-37-24-17-22(29(18-32-24)14-8-6-4-2-3-5-7-9-15-29)27(36)33-23-13-11-19-16-20(10-12-21(19)23)26-34-28(25(30)31)38-35-26/h10,12,16,22-26,28,32,34-35H,2-9,11,13-15,17-18H2,1H3,(H,33,36)/t22?,23-,24?,26?,28?/m1/s1. The Hall–Kier alpha value is -1.65. The lowest BCUT2D eigenvalue weighted by Gasteiger charge is -2.47. The van der Waals surface area contributed by atoms with Gasteiger partial charge >= 0.3 is 0 Å². The molecule has 4 aliphatic rings. The van der Waals surface area contributed by atoms with Crippen molar-refractivity contribution in [3.8, 4) is 0 Å². The SMILES string of the molecule is COC1CC(C(=O)N[C@@H]2CCc3cc(C4NOC(C(F)F)N4)ccc32)C2(CCCCCCCCCC2)CN1. The van der Waals surface area contributed by atoms with Crippen LogP contribution in [0.3, 0.4) is 0 Å². The molecular weight excluding hydrogens is 490 g/mol. The monoisotopic (exact) mass is 534 g/mol. The first-order valence-electron chi connectivity index (χ1n) is 14.6. The van der Waals surface area contributed by atoms with Crippen LogP contribution in [0.5, 0.6) is 0 Å². The average molecular weight is 535 g/mol. The second kappa shape index (κ2) is 12.7. The largest absolute Gasteiger partial charge is 0.367 e. The third kappa shape index (κ3) is 6.22. The van der Waals surface area contributed by atoms with E-state index in [1.807, 2.05) is 18.2 Å². The van der Waals surface area contributed by atoms with E-state index in [0.29, 0.717) is 6.42 Å². The highest BCUT2D eigenvalue weighted by atomic mass is 19.3. The van der Waals surface area contributed by atoms with Crippen LogP contribution in [0.1, 0.15) is 106 Å². The van der Waals surface area contributed by atoms with Crippen molar-refractivity contribution < 1.29 is 23.1 Å². The number of ether oxygens (including phenoxy) is 1. The van der Waals surface area contributed by atoms with Gasteiger partial charge < -0.3 is 10.1 Å². The van der Waals surface area contributed by atoms with Crippen LogP contribution in [0.15, 0.2) is 18.2 Å². The normalized spacial score (nSPS) is 32.2. The Morgan fingerprint density at radius 1 is 1.11 bits per heavy atom. The molecule has 3 fully saturated rings. The molecule has 2 heterocycles. The Labute approximate surface area is 225 Å². The summed E-state index contributed by atoms with van der Waals surface area (Å²) in [6.45, 7) is 0.831. The fourth-order valence-corrected chi connectivity index (χ4v) is 7.12. The molecule has 1 amide bonds. The number of nitrogens with one attached hydrogen (secondary N) is 4. The first-order chi connectivity index (χ1) is 18.5. The van der Waals surface area contributed by atoms with Crippen LogP contribution in [-0.2, 0) is 20.8 Å². The number of hydroxylamine groups is 1. The molecule has 2 aliphatic carbocycles. The highest BCUT2D eigenvalue weighted by Gasteiger charge is 2.47. The maximum Gasteiger partial charge on any atom is 0.279 e. The van der Waals surface area contributed by atoms with E-state index in [4.69, 9.17) is 9.57 Å². The summed E-state index contributed by atoms with van der Waals surface area (Å²) in [6, 6.07) is 5.98. The molecule has 1 aromatic rings. The van der Waals surface area contributed by atoms with Crippen molar-refractivity contribution in [3.63, 3.8) is 0 Å². The predicted octanol–water partition coefficient (Wildman–Crippen LogP) is 4.99. The molecule has 1 spiro atoms. The molecule has 7 nitrogen and oxygen atoms in total. The number of alkyl halides is 2. The third-order valence-electron chi connectivity index (χ3n) is 9.34. The lowest BCUT2D eigenvalue weighted by Crippen LogP contribution is -2.56. The van der Waals surface area contributed by atoms with Gasteiger partial charge in [-0.05, 0) is 54.2 Å². The van der Waals surface area contributed by atoms with Crippen molar-refractivity contribution in [2.45, 2.75) is 115 Å². The van der Waals surface area contributed by atoms with Crippen LogP contribution in [0.4, 0.5) is 8.78 Å². The van der Waals surface area contributed by atoms with Gasteiger partial charge in [-0.25, -0.2) is 8.78 Å². The zero-order chi connectivity index (χ0) is 26.5. The Morgan fingerprint density at radius 3 is 2.47 bits per heavy atom. The zero-order valence-electron chi connectivity index (χ0n) is 22.6. The molecule has 38 heavy (non-hydrogen) atoms. The number of hydrogen-bond donors (Lipinski definition) is 4. The summed E-state index contributed by atoms with van der Waals surface area (Å²) in [7, 11) is 1.72. The summed E-state index contributed by atoms with van der Waals surface area (Å²) in [5, 5.41) is 9.80. The van der Waals surface area contributed by atoms with Crippen molar-refractivity contribution >= 4 is 5.91 Å². The molecule has 0 bridgehead atoms.